The van der Waals surface area contributed by atoms with Gasteiger partial charge in [-0.25, -0.2) is 14.0 Å². The largest absolute Gasteiger partial charge is 0.480 e. The summed E-state index contributed by atoms with van der Waals surface area (Å²) in [5, 5.41) is 10.8. The third-order valence-corrected chi connectivity index (χ3v) is 4.09. The van der Waals surface area contributed by atoms with Gasteiger partial charge in [-0.05, 0) is 22.3 Å². The smallest absolute Gasteiger partial charge is 0.407 e. The maximum absolute atomic E-state index is 12.6. The molecule has 0 aromatic heterocycles. The molecule has 2 aromatic carbocycles. The van der Waals surface area contributed by atoms with Crippen molar-refractivity contribution in [3.63, 3.8) is 0 Å². The van der Waals surface area contributed by atoms with E-state index in [9.17, 15) is 14.0 Å². The Morgan fingerprint density at radius 1 is 1.08 bits per heavy atom. The molecule has 1 amide bonds. The molecule has 0 radical (unpaired) electrons. The van der Waals surface area contributed by atoms with E-state index in [0.717, 1.165) is 22.3 Å². The fourth-order valence-corrected chi connectivity index (χ4v) is 2.95. The standard InChI is InChI=1S/C18H16FNO4/c19-9-16(17(21)22)20-18(23)24-10-15-13-7-3-1-5-11(13)12-6-2-4-8-14(12)15/h1-8,15-16H,9-10H2,(H,20,23)(H,21,22)/t16-/m1/s1. The summed E-state index contributed by atoms with van der Waals surface area (Å²) in [6.45, 7) is -1.14. The number of alkyl halides is 1. The van der Waals surface area contributed by atoms with Crippen LogP contribution in [0.2, 0.25) is 0 Å². The first-order chi connectivity index (χ1) is 11.6. The predicted molar refractivity (Wildman–Crippen MR) is 85.6 cm³/mol. The number of alkyl carbamates (subject to hydrolysis) is 1. The Morgan fingerprint density at radius 2 is 1.62 bits per heavy atom. The number of nitrogens with one attached hydrogen (secondary N) is 1. The monoisotopic (exact) mass is 329 g/mol. The molecule has 0 saturated carbocycles. The van der Waals surface area contributed by atoms with Crippen LogP contribution in [0.25, 0.3) is 11.1 Å². The van der Waals surface area contributed by atoms with Gasteiger partial charge in [-0.3, -0.25) is 0 Å². The minimum atomic E-state index is -1.60. The molecule has 5 nitrogen and oxygen atoms in total. The number of hydrogen-bond acceptors (Lipinski definition) is 3. The number of fused-ring (bicyclic) bond motifs is 3. The van der Waals surface area contributed by atoms with Crippen molar-refractivity contribution in [1.82, 2.24) is 5.32 Å². The molecule has 24 heavy (non-hydrogen) atoms. The van der Waals surface area contributed by atoms with Crippen LogP contribution in [-0.4, -0.2) is 36.5 Å². The highest BCUT2D eigenvalue weighted by atomic mass is 19.1. The maximum atomic E-state index is 12.6. The molecule has 6 heteroatoms. The van der Waals surface area contributed by atoms with E-state index < -0.39 is 24.8 Å². The number of rotatable bonds is 5. The first kappa shape index (κ1) is 16.0. The van der Waals surface area contributed by atoms with E-state index in [1.165, 1.54) is 0 Å². The lowest BCUT2D eigenvalue weighted by Gasteiger charge is -2.16. The zero-order valence-electron chi connectivity index (χ0n) is 12.7. The Labute approximate surface area is 138 Å². The van der Waals surface area contributed by atoms with E-state index >= 15 is 0 Å². The van der Waals surface area contributed by atoms with Gasteiger partial charge in [0.15, 0.2) is 6.04 Å². The van der Waals surface area contributed by atoms with Gasteiger partial charge in [-0.15, -0.1) is 0 Å². The van der Waals surface area contributed by atoms with E-state index in [1.807, 2.05) is 53.8 Å². The van der Waals surface area contributed by atoms with Gasteiger partial charge in [0.05, 0.1) is 0 Å². The van der Waals surface area contributed by atoms with Crippen LogP contribution in [0, 0.1) is 0 Å². The van der Waals surface area contributed by atoms with E-state index in [-0.39, 0.29) is 12.5 Å². The average Bonchev–Trinajstić information content (AvgIpc) is 2.91. The van der Waals surface area contributed by atoms with Gasteiger partial charge >= 0.3 is 12.1 Å². The van der Waals surface area contributed by atoms with Crippen LogP contribution in [0.15, 0.2) is 48.5 Å². The number of aliphatic carboxylic acids is 1. The highest BCUT2D eigenvalue weighted by Crippen LogP contribution is 2.44. The summed E-state index contributed by atoms with van der Waals surface area (Å²) in [4.78, 5) is 22.5. The molecule has 0 spiro atoms. The van der Waals surface area contributed by atoms with Crippen molar-refractivity contribution in [2.75, 3.05) is 13.3 Å². The van der Waals surface area contributed by atoms with Crippen molar-refractivity contribution >= 4 is 12.1 Å². The van der Waals surface area contributed by atoms with Gasteiger partial charge in [0.2, 0.25) is 0 Å². The van der Waals surface area contributed by atoms with Crippen LogP contribution in [0.5, 0.6) is 0 Å². The Bertz CT molecular complexity index is 732. The molecule has 0 bridgehead atoms. The Hall–Kier alpha value is -2.89. The Balaban J connectivity index is 1.74. The number of carbonyl (C=O) groups is 2. The number of carboxylic acid groups (broad SMARTS) is 1. The van der Waals surface area contributed by atoms with Crippen LogP contribution < -0.4 is 5.32 Å². The third-order valence-electron chi connectivity index (χ3n) is 4.09. The number of benzene rings is 2. The molecule has 1 aliphatic carbocycles. The van der Waals surface area contributed by atoms with Gasteiger partial charge < -0.3 is 15.2 Å². The third kappa shape index (κ3) is 2.95. The van der Waals surface area contributed by atoms with Crippen LogP contribution in [0.4, 0.5) is 9.18 Å². The molecule has 124 valence electrons. The molecule has 3 rings (SSSR count). The molecule has 2 N–H and O–H groups in total. The van der Waals surface area contributed by atoms with Crippen LogP contribution in [-0.2, 0) is 9.53 Å². The van der Waals surface area contributed by atoms with E-state index in [2.05, 4.69) is 0 Å². The summed E-state index contributed by atoms with van der Waals surface area (Å²) in [5.74, 6) is -1.57. The fourth-order valence-electron chi connectivity index (χ4n) is 2.95. The maximum Gasteiger partial charge on any atom is 0.407 e. The van der Waals surface area contributed by atoms with Crippen molar-refractivity contribution in [3.8, 4) is 11.1 Å². The SMILES string of the molecule is O=C(N[C@H](CF)C(=O)O)OCC1c2ccccc2-c2ccccc21. The van der Waals surface area contributed by atoms with Crippen LogP contribution in [0.1, 0.15) is 17.0 Å². The molecule has 0 saturated heterocycles. The number of carboxylic acids is 1. The van der Waals surface area contributed by atoms with Crippen molar-refractivity contribution in [1.29, 1.82) is 0 Å². The Kier molecular flexibility index (Phi) is 4.46. The van der Waals surface area contributed by atoms with Gasteiger partial charge in [0.25, 0.3) is 0 Å². The molecule has 0 fully saturated rings. The topological polar surface area (TPSA) is 75.6 Å². The number of halogens is 1. The van der Waals surface area contributed by atoms with E-state index in [0.29, 0.717) is 0 Å². The molecule has 1 atom stereocenters. The normalized spacial score (nSPS) is 13.7. The van der Waals surface area contributed by atoms with Crippen molar-refractivity contribution in [3.05, 3.63) is 59.7 Å². The molecule has 0 aliphatic heterocycles. The van der Waals surface area contributed by atoms with E-state index in [1.54, 1.807) is 0 Å². The lowest BCUT2D eigenvalue weighted by molar-refractivity contribution is -0.139. The van der Waals surface area contributed by atoms with Gasteiger partial charge in [-0.1, -0.05) is 48.5 Å². The van der Waals surface area contributed by atoms with Crippen molar-refractivity contribution in [2.45, 2.75) is 12.0 Å². The summed E-state index contributed by atoms with van der Waals surface area (Å²) in [5.41, 5.74) is 4.28. The first-order valence-electron chi connectivity index (χ1n) is 7.52. The number of amides is 1. The summed E-state index contributed by atoms with van der Waals surface area (Å²) < 4.78 is 17.7. The predicted octanol–water partition coefficient (Wildman–Crippen LogP) is 2.95. The molecular formula is C18H16FNO4. The molecule has 0 unspecified atom stereocenters. The Morgan fingerprint density at radius 3 is 2.12 bits per heavy atom. The average molecular weight is 329 g/mol. The second-order valence-electron chi connectivity index (χ2n) is 5.52. The van der Waals surface area contributed by atoms with E-state index in [4.69, 9.17) is 9.84 Å². The first-order valence-corrected chi connectivity index (χ1v) is 7.52. The highest BCUT2D eigenvalue weighted by molar-refractivity contribution is 5.81. The highest BCUT2D eigenvalue weighted by Gasteiger charge is 2.29. The van der Waals surface area contributed by atoms with Gasteiger partial charge in [0.1, 0.15) is 13.3 Å². The fraction of sp³-hybridized carbons (Fsp3) is 0.222. The number of hydrogen-bond donors (Lipinski definition) is 2. The van der Waals surface area contributed by atoms with Crippen LogP contribution >= 0.6 is 0 Å². The number of ether oxygens (including phenoxy) is 1. The quantitative estimate of drug-likeness (QED) is 0.884. The zero-order valence-corrected chi connectivity index (χ0v) is 12.7. The lowest BCUT2D eigenvalue weighted by Crippen LogP contribution is -2.42. The molecule has 2 aromatic rings. The molecule has 0 heterocycles. The second kappa shape index (κ2) is 6.70. The minimum absolute atomic E-state index is 0.0541. The number of carbonyl (C=O) groups excluding carboxylic acids is 1. The minimum Gasteiger partial charge on any atom is -0.480 e. The van der Waals surface area contributed by atoms with Crippen LogP contribution in [0.3, 0.4) is 0 Å². The van der Waals surface area contributed by atoms with Gasteiger partial charge in [-0.2, -0.15) is 0 Å². The van der Waals surface area contributed by atoms with Crippen molar-refractivity contribution < 1.29 is 23.8 Å². The summed E-state index contributed by atoms with van der Waals surface area (Å²) >= 11 is 0. The summed E-state index contributed by atoms with van der Waals surface area (Å²) in [6.07, 6.45) is -0.943. The van der Waals surface area contributed by atoms with Gasteiger partial charge in [0, 0.05) is 5.92 Å². The molecule has 1 aliphatic rings. The van der Waals surface area contributed by atoms with Crippen molar-refractivity contribution in [2.24, 2.45) is 0 Å². The summed E-state index contributed by atoms with van der Waals surface area (Å²) in [6, 6.07) is 14.1. The summed E-state index contributed by atoms with van der Waals surface area (Å²) in [7, 11) is 0. The zero-order chi connectivity index (χ0) is 17.1. The second-order valence-corrected chi connectivity index (χ2v) is 5.52. The molecular weight excluding hydrogens is 313 g/mol. The lowest BCUT2D eigenvalue weighted by atomic mass is 9.98.